The first kappa shape index (κ1) is 19.3. The van der Waals surface area contributed by atoms with E-state index in [0.29, 0.717) is 26.9 Å². The lowest BCUT2D eigenvalue weighted by molar-refractivity contribution is -0.140. The summed E-state index contributed by atoms with van der Waals surface area (Å²) < 4.78 is 5.36. The fourth-order valence-corrected chi connectivity index (χ4v) is 3.76. The Morgan fingerprint density at radius 3 is 2.38 bits per heavy atom. The number of rotatable bonds is 4. The third-order valence-electron chi connectivity index (χ3n) is 4.76. The maximum absolute atomic E-state index is 12.9. The number of carbonyl (C=O) groups excluding carboxylic acids is 2. The van der Waals surface area contributed by atoms with Crippen molar-refractivity contribution in [1.29, 1.82) is 0 Å². The summed E-state index contributed by atoms with van der Waals surface area (Å²) in [6.07, 6.45) is 1.49. The SMILES string of the molecule is O=C1C(=O)N(Cc2ccco2)C(c2ccccc2Cl)C1=C(O)c1ccc(Cl)cc1. The van der Waals surface area contributed by atoms with Crippen LogP contribution >= 0.6 is 23.2 Å². The normalized spacial score (nSPS) is 18.4. The number of ketones is 1. The van der Waals surface area contributed by atoms with E-state index in [2.05, 4.69) is 0 Å². The summed E-state index contributed by atoms with van der Waals surface area (Å²) in [6.45, 7) is 0.0604. The average Bonchev–Trinajstić information content (AvgIpc) is 3.31. The van der Waals surface area contributed by atoms with Gasteiger partial charge in [-0.15, -0.1) is 0 Å². The topological polar surface area (TPSA) is 70.8 Å². The summed E-state index contributed by atoms with van der Waals surface area (Å²) in [5.74, 6) is -1.29. The van der Waals surface area contributed by atoms with Crippen LogP contribution in [-0.4, -0.2) is 21.7 Å². The van der Waals surface area contributed by atoms with Gasteiger partial charge in [-0.05, 0) is 48.0 Å². The van der Waals surface area contributed by atoms with Crippen molar-refractivity contribution in [1.82, 2.24) is 4.90 Å². The van der Waals surface area contributed by atoms with E-state index in [-0.39, 0.29) is 17.9 Å². The first-order valence-corrected chi connectivity index (χ1v) is 9.54. The van der Waals surface area contributed by atoms with Crippen LogP contribution < -0.4 is 0 Å². The standard InChI is InChI=1S/C22H15Cl2NO4/c23-14-9-7-13(8-10-14)20(26)18-19(16-5-1-2-6-17(16)24)25(22(28)21(18)27)12-15-4-3-11-29-15/h1-11,19,26H,12H2. The Hall–Kier alpha value is -3.02. The van der Waals surface area contributed by atoms with Crippen LogP contribution in [0.2, 0.25) is 10.0 Å². The van der Waals surface area contributed by atoms with Crippen molar-refractivity contribution in [3.05, 3.63) is 99.4 Å². The lowest BCUT2D eigenvalue weighted by atomic mass is 9.95. The Morgan fingerprint density at radius 2 is 1.72 bits per heavy atom. The number of hydrogen-bond donors (Lipinski definition) is 1. The molecule has 5 nitrogen and oxygen atoms in total. The van der Waals surface area contributed by atoms with Crippen LogP contribution in [0.15, 0.2) is 76.9 Å². The Bertz CT molecular complexity index is 1100. The number of aliphatic hydroxyl groups is 1. The molecule has 1 N–H and O–H groups in total. The van der Waals surface area contributed by atoms with E-state index in [1.807, 2.05) is 0 Å². The maximum Gasteiger partial charge on any atom is 0.296 e. The molecule has 7 heteroatoms. The van der Waals surface area contributed by atoms with E-state index in [1.54, 1.807) is 60.7 Å². The lowest BCUT2D eigenvalue weighted by Gasteiger charge is -2.25. The van der Waals surface area contributed by atoms with E-state index in [1.165, 1.54) is 11.2 Å². The van der Waals surface area contributed by atoms with Gasteiger partial charge in [0, 0.05) is 15.6 Å². The summed E-state index contributed by atoms with van der Waals surface area (Å²) in [7, 11) is 0. The quantitative estimate of drug-likeness (QED) is 0.352. The minimum Gasteiger partial charge on any atom is -0.507 e. The number of carbonyl (C=O) groups is 2. The highest BCUT2D eigenvalue weighted by Gasteiger charge is 2.47. The van der Waals surface area contributed by atoms with Gasteiger partial charge >= 0.3 is 0 Å². The second kappa shape index (κ2) is 7.78. The van der Waals surface area contributed by atoms with Gasteiger partial charge < -0.3 is 14.4 Å². The van der Waals surface area contributed by atoms with Crippen LogP contribution in [0, 0.1) is 0 Å². The predicted molar refractivity (Wildman–Crippen MR) is 109 cm³/mol. The number of hydrogen-bond acceptors (Lipinski definition) is 4. The van der Waals surface area contributed by atoms with Crippen LogP contribution in [0.4, 0.5) is 0 Å². The molecule has 0 bridgehead atoms. The molecule has 2 heterocycles. The molecule has 0 aliphatic carbocycles. The van der Waals surface area contributed by atoms with Gasteiger partial charge in [-0.1, -0.05) is 41.4 Å². The van der Waals surface area contributed by atoms with Crippen molar-refractivity contribution in [3.8, 4) is 0 Å². The smallest absolute Gasteiger partial charge is 0.296 e. The molecule has 1 aliphatic heterocycles. The molecule has 1 aliphatic rings. The fraction of sp³-hybridized carbons (Fsp3) is 0.0909. The summed E-state index contributed by atoms with van der Waals surface area (Å²) in [5.41, 5.74) is 0.884. The molecule has 0 spiro atoms. The predicted octanol–water partition coefficient (Wildman–Crippen LogP) is 5.21. The molecule has 0 saturated carbocycles. The van der Waals surface area contributed by atoms with Crippen LogP contribution in [0.25, 0.3) is 5.76 Å². The maximum atomic E-state index is 12.9. The van der Waals surface area contributed by atoms with Crippen LogP contribution in [0.1, 0.15) is 22.9 Å². The molecule has 0 radical (unpaired) electrons. The highest BCUT2D eigenvalue weighted by atomic mass is 35.5. The lowest BCUT2D eigenvalue weighted by Crippen LogP contribution is -2.29. The van der Waals surface area contributed by atoms with Gasteiger partial charge in [0.05, 0.1) is 24.4 Å². The zero-order valence-electron chi connectivity index (χ0n) is 15.0. The minimum atomic E-state index is -0.857. The Morgan fingerprint density at radius 1 is 1.00 bits per heavy atom. The molecule has 4 rings (SSSR count). The average molecular weight is 428 g/mol. The third-order valence-corrected chi connectivity index (χ3v) is 5.36. The summed E-state index contributed by atoms with van der Waals surface area (Å²) in [4.78, 5) is 27.1. The van der Waals surface area contributed by atoms with Crippen molar-refractivity contribution in [2.24, 2.45) is 0 Å². The van der Waals surface area contributed by atoms with Gasteiger partial charge in [0.1, 0.15) is 11.5 Å². The van der Waals surface area contributed by atoms with E-state index < -0.39 is 17.7 Å². The van der Waals surface area contributed by atoms with E-state index in [4.69, 9.17) is 27.6 Å². The Balaban J connectivity index is 1.89. The molecule has 1 atom stereocenters. The van der Waals surface area contributed by atoms with Gasteiger partial charge in [0.2, 0.25) is 0 Å². The summed E-state index contributed by atoms with van der Waals surface area (Å²) in [5, 5.41) is 11.8. The molecular formula is C22H15Cl2NO4. The molecule has 1 aromatic heterocycles. The zero-order valence-corrected chi connectivity index (χ0v) is 16.5. The van der Waals surface area contributed by atoms with Crippen molar-refractivity contribution in [3.63, 3.8) is 0 Å². The zero-order chi connectivity index (χ0) is 20.5. The molecule has 1 fully saturated rings. The number of nitrogens with zero attached hydrogens (tertiary/aromatic N) is 1. The third kappa shape index (κ3) is 3.55. The second-order valence-electron chi connectivity index (χ2n) is 6.53. The molecule has 2 aromatic carbocycles. The number of Topliss-reactive ketones (excluding diaryl/α,β-unsaturated/α-hetero) is 1. The molecular weight excluding hydrogens is 413 g/mol. The highest BCUT2D eigenvalue weighted by molar-refractivity contribution is 6.47. The molecule has 3 aromatic rings. The highest BCUT2D eigenvalue weighted by Crippen LogP contribution is 2.42. The van der Waals surface area contributed by atoms with Crippen molar-refractivity contribution >= 4 is 40.7 Å². The monoisotopic (exact) mass is 427 g/mol. The number of furan rings is 1. The number of amides is 1. The first-order chi connectivity index (χ1) is 14.0. The number of likely N-dealkylation sites (tertiary alicyclic amines) is 1. The van der Waals surface area contributed by atoms with Crippen molar-refractivity contribution in [2.75, 3.05) is 0 Å². The van der Waals surface area contributed by atoms with Gasteiger partial charge in [0.25, 0.3) is 11.7 Å². The van der Waals surface area contributed by atoms with Gasteiger partial charge in [-0.2, -0.15) is 0 Å². The number of aliphatic hydroxyl groups excluding tert-OH is 1. The van der Waals surface area contributed by atoms with E-state index in [0.717, 1.165) is 0 Å². The van der Waals surface area contributed by atoms with Crippen LogP contribution in [-0.2, 0) is 16.1 Å². The van der Waals surface area contributed by atoms with Gasteiger partial charge in [-0.25, -0.2) is 0 Å². The minimum absolute atomic E-state index is 0.0306. The summed E-state index contributed by atoms with van der Waals surface area (Å²) >= 11 is 12.3. The van der Waals surface area contributed by atoms with Gasteiger partial charge in [-0.3, -0.25) is 9.59 Å². The Kier molecular flexibility index (Phi) is 5.18. The summed E-state index contributed by atoms with van der Waals surface area (Å²) in [6, 6.07) is 15.8. The van der Waals surface area contributed by atoms with Crippen LogP contribution in [0.3, 0.4) is 0 Å². The molecule has 1 unspecified atom stereocenters. The molecule has 29 heavy (non-hydrogen) atoms. The van der Waals surface area contributed by atoms with E-state index >= 15 is 0 Å². The molecule has 1 amide bonds. The molecule has 1 saturated heterocycles. The number of benzene rings is 2. The fourth-order valence-electron chi connectivity index (χ4n) is 3.40. The van der Waals surface area contributed by atoms with Crippen LogP contribution in [0.5, 0.6) is 0 Å². The van der Waals surface area contributed by atoms with E-state index in [9.17, 15) is 14.7 Å². The Labute approximate surface area is 176 Å². The second-order valence-corrected chi connectivity index (χ2v) is 7.38. The van der Waals surface area contributed by atoms with Crippen molar-refractivity contribution in [2.45, 2.75) is 12.6 Å². The van der Waals surface area contributed by atoms with Crippen molar-refractivity contribution < 1.29 is 19.1 Å². The number of halogens is 2. The molecule has 146 valence electrons. The largest absolute Gasteiger partial charge is 0.507 e. The van der Waals surface area contributed by atoms with Gasteiger partial charge in [0.15, 0.2) is 0 Å². The first-order valence-electron chi connectivity index (χ1n) is 8.78.